The summed E-state index contributed by atoms with van der Waals surface area (Å²) in [6.07, 6.45) is 5.30. The minimum absolute atomic E-state index is 0.674. The van der Waals surface area contributed by atoms with E-state index >= 15 is 0 Å². The Balaban J connectivity index is 2.82. The molecular formula is C9H21Cl2NSi2. The molecule has 1 nitrogen and oxygen atoms in total. The predicted molar refractivity (Wildman–Crippen MR) is 70.8 cm³/mol. The van der Waals surface area contributed by atoms with Gasteiger partial charge >= 0.3 is 0 Å². The van der Waals surface area contributed by atoms with Gasteiger partial charge in [-0.3, -0.25) is 0 Å². The van der Waals surface area contributed by atoms with E-state index in [1.165, 1.54) is 25.7 Å². The largest absolute Gasteiger partial charge is 0.319 e. The first-order valence-corrected chi connectivity index (χ1v) is 13.3. The van der Waals surface area contributed by atoms with E-state index in [1.807, 2.05) is 0 Å². The molecule has 0 unspecified atom stereocenters. The van der Waals surface area contributed by atoms with Crippen LogP contribution in [0, 0.1) is 0 Å². The SMILES string of the molecule is C[Si](C)(Cl)N(C1CCCC1)[Si](C)(C)Cl. The number of hydrogen-bond acceptors (Lipinski definition) is 1. The van der Waals surface area contributed by atoms with E-state index in [0.29, 0.717) is 6.04 Å². The Morgan fingerprint density at radius 3 is 1.57 bits per heavy atom. The van der Waals surface area contributed by atoms with Crippen LogP contribution in [0.1, 0.15) is 25.7 Å². The second kappa shape index (κ2) is 4.46. The lowest BCUT2D eigenvalue weighted by molar-refractivity contribution is 0.461. The maximum absolute atomic E-state index is 6.58. The van der Waals surface area contributed by atoms with E-state index in [9.17, 15) is 0 Å². The van der Waals surface area contributed by atoms with Crippen LogP contribution in [0.3, 0.4) is 0 Å². The molecule has 1 fully saturated rings. The molecule has 1 saturated carbocycles. The molecule has 0 atom stereocenters. The van der Waals surface area contributed by atoms with Crippen LogP contribution in [0.4, 0.5) is 0 Å². The van der Waals surface area contributed by atoms with Gasteiger partial charge in [-0.25, -0.2) is 0 Å². The highest BCUT2D eigenvalue weighted by Gasteiger charge is 2.43. The molecule has 84 valence electrons. The zero-order valence-electron chi connectivity index (χ0n) is 9.61. The fourth-order valence-electron chi connectivity index (χ4n) is 2.66. The van der Waals surface area contributed by atoms with Gasteiger partial charge in [0.25, 0.3) is 0 Å². The first kappa shape index (κ1) is 13.0. The fourth-order valence-corrected chi connectivity index (χ4v) is 15.0. The molecule has 0 N–H and O–H groups in total. The van der Waals surface area contributed by atoms with Gasteiger partial charge < -0.3 is 4.23 Å². The Morgan fingerprint density at radius 1 is 0.929 bits per heavy atom. The molecule has 0 bridgehead atoms. The Hall–Kier alpha value is 0.974. The van der Waals surface area contributed by atoms with Crippen molar-refractivity contribution in [1.82, 2.24) is 4.23 Å². The van der Waals surface area contributed by atoms with Crippen molar-refractivity contribution in [3.63, 3.8) is 0 Å². The summed E-state index contributed by atoms with van der Waals surface area (Å²) in [4.78, 5) is 0. The first-order valence-electron chi connectivity index (χ1n) is 5.40. The van der Waals surface area contributed by atoms with Crippen LogP contribution in [0.5, 0.6) is 0 Å². The van der Waals surface area contributed by atoms with Crippen LogP contribution in [-0.2, 0) is 0 Å². The van der Waals surface area contributed by atoms with Crippen molar-refractivity contribution in [3.8, 4) is 0 Å². The van der Waals surface area contributed by atoms with Crippen LogP contribution >= 0.6 is 22.2 Å². The monoisotopic (exact) mass is 269 g/mol. The van der Waals surface area contributed by atoms with Gasteiger partial charge in [-0.2, -0.15) is 0 Å². The fraction of sp³-hybridized carbons (Fsp3) is 1.00. The summed E-state index contributed by atoms with van der Waals surface area (Å²) in [6, 6.07) is 0.674. The van der Waals surface area contributed by atoms with Crippen molar-refractivity contribution < 1.29 is 0 Å². The highest BCUT2D eigenvalue weighted by molar-refractivity contribution is 7.28. The number of rotatable bonds is 3. The third-order valence-electron chi connectivity index (χ3n) is 2.84. The third-order valence-corrected chi connectivity index (χ3v) is 11.2. The van der Waals surface area contributed by atoms with E-state index < -0.39 is 15.1 Å². The quantitative estimate of drug-likeness (QED) is 0.551. The molecule has 0 aromatic rings. The molecule has 1 aliphatic rings. The van der Waals surface area contributed by atoms with Crippen molar-refractivity contribution in [2.24, 2.45) is 0 Å². The van der Waals surface area contributed by atoms with Gasteiger partial charge in [0.2, 0.25) is 15.1 Å². The molecule has 14 heavy (non-hydrogen) atoms. The van der Waals surface area contributed by atoms with E-state index in [0.717, 1.165) is 0 Å². The van der Waals surface area contributed by atoms with Crippen LogP contribution in [0.2, 0.25) is 26.2 Å². The number of hydrogen-bond donors (Lipinski definition) is 0. The van der Waals surface area contributed by atoms with Gasteiger partial charge in [-0.05, 0) is 45.1 Å². The summed E-state index contributed by atoms with van der Waals surface area (Å²) in [6.45, 7) is 8.79. The van der Waals surface area contributed by atoms with Gasteiger partial charge in [-0.15, -0.1) is 22.2 Å². The van der Waals surface area contributed by atoms with Gasteiger partial charge in [0.1, 0.15) is 0 Å². The summed E-state index contributed by atoms with van der Waals surface area (Å²) in [5.41, 5.74) is 0. The minimum atomic E-state index is -1.75. The average molecular weight is 270 g/mol. The van der Waals surface area contributed by atoms with Gasteiger partial charge in [0.15, 0.2) is 0 Å². The predicted octanol–water partition coefficient (Wildman–Crippen LogP) is 4.11. The summed E-state index contributed by atoms with van der Waals surface area (Å²) in [5.74, 6) is 0. The summed E-state index contributed by atoms with van der Waals surface area (Å²) in [5, 5.41) is 0. The Morgan fingerprint density at radius 2 is 1.29 bits per heavy atom. The van der Waals surface area contributed by atoms with Crippen molar-refractivity contribution in [2.75, 3.05) is 0 Å². The second-order valence-electron chi connectivity index (χ2n) is 5.13. The molecule has 0 saturated heterocycles. The molecule has 1 aliphatic carbocycles. The molecule has 0 heterocycles. The molecule has 0 radical (unpaired) electrons. The zero-order valence-corrected chi connectivity index (χ0v) is 13.1. The van der Waals surface area contributed by atoms with E-state index in [4.69, 9.17) is 22.2 Å². The van der Waals surface area contributed by atoms with E-state index in [1.54, 1.807) is 0 Å². The Labute approximate surface area is 99.4 Å². The standard InChI is InChI=1S/C9H21Cl2NSi2/c1-13(2,10)12(14(3,4)11)9-7-5-6-8-9/h9H,5-8H2,1-4H3. The van der Waals surface area contributed by atoms with Crippen LogP contribution < -0.4 is 0 Å². The zero-order chi connectivity index (χ0) is 11.0. The second-order valence-corrected chi connectivity index (χ2v) is 17.7. The summed E-state index contributed by atoms with van der Waals surface area (Å²) < 4.78 is 2.52. The van der Waals surface area contributed by atoms with Gasteiger partial charge in [0, 0.05) is 0 Å². The molecule has 0 spiro atoms. The average Bonchev–Trinajstić information content (AvgIpc) is 2.31. The lowest BCUT2D eigenvalue weighted by atomic mass is 10.3. The maximum atomic E-state index is 6.58. The van der Waals surface area contributed by atoms with E-state index in [2.05, 4.69) is 30.4 Å². The van der Waals surface area contributed by atoms with Crippen LogP contribution in [-0.4, -0.2) is 25.4 Å². The number of nitrogens with zero attached hydrogens (tertiary/aromatic N) is 1. The van der Waals surface area contributed by atoms with Gasteiger partial charge in [0.05, 0.1) is 0 Å². The normalized spacial score (nSPS) is 20.8. The Bertz CT molecular complexity index is 178. The summed E-state index contributed by atoms with van der Waals surface area (Å²) in [7, 11) is -3.50. The number of halogens is 2. The van der Waals surface area contributed by atoms with Crippen molar-refractivity contribution >= 4 is 37.2 Å². The van der Waals surface area contributed by atoms with Crippen molar-refractivity contribution in [2.45, 2.75) is 57.9 Å². The molecular weight excluding hydrogens is 249 g/mol. The lowest BCUT2D eigenvalue weighted by Crippen LogP contribution is -2.60. The molecule has 5 heteroatoms. The smallest absolute Gasteiger partial charge is 0.217 e. The summed E-state index contributed by atoms with van der Waals surface area (Å²) >= 11 is 13.2. The molecule has 0 aromatic heterocycles. The molecule has 0 aromatic carbocycles. The van der Waals surface area contributed by atoms with Crippen molar-refractivity contribution in [1.29, 1.82) is 0 Å². The Kier molecular flexibility index (Phi) is 4.15. The van der Waals surface area contributed by atoms with Crippen LogP contribution in [0.15, 0.2) is 0 Å². The molecule has 0 aliphatic heterocycles. The topological polar surface area (TPSA) is 3.24 Å². The van der Waals surface area contributed by atoms with Gasteiger partial charge in [-0.1, -0.05) is 12.8 Å². The molecule has 1 rings (SSSR count). The first-order chi connectivity index (χ1) is 6.23. The highest BCUT2D eigenvalue weighted by atomic mass is 35.6. The maximum Gasteiger partial charge on any atom is 0.217 e. The lowest BCUT2D eigenvalue weighted by Gasteiger charge is -2.44. The molecule has 0 amide bonds. The van der Waals surface area contributed by atoms with Crippen LogP contribution in [0.25, 0.3) is 0 Å². The van der Waals surface area contributed by atoms with Crippen molar-refractivity contribution in [3.05, 3.63) is 0 Å². The minimum Gasteiger partial charge on any atom is -0.319 e. The highest BCUT2D eigenvalue weighted by Crippen LogP contribution is 2.35. The van der Waals surface area contributed by atoms with E-state index in [-0.39, 0.29) is 0 Å². The third kappa shape index (κ3) is 3.24.